The van der Waals surface area contributed by atoms with Crippen LogP contribution in [0.5, 0.6) is 0 Å². The van der Waals surface area contributed by atoms with Gasteiger partial charge in [-0.05, 0) is 0 Å². The first-order valence-electron chi connectivity index (χ1n) is 4.48. The molecule has 0 atom stereocenters. The Morgan fingerprint density at radius 2 is 1.77 bits per heavy atom. The summed E-state index contributed by atoms with van der Waals surface area (Å²) in [6.07, 6.45) is 2.05. The maximum absolute atomic E-state index is 5.05. The Morgan fingerprint density at radius 3 is 2.08 bits per heavy atom. The van der Waals surface area contributed by atoms with E-state index in [2.05, 4.69) is 61.5 Å². The van der Waals surface area contributed by atoms with Crippen molar-refractivity contribution < 1.29 is 20.6 Å². The van der Waals surface area contributed by atoms with Crippen LogP contribution in [-0.2, 0) is 20.6 Å². The molecular formula is C10H20CrOSi. The SMILES string of the molecule is CO[C](=[Cr])/C=C/[Si](C)(C)C(C)(C)C. The molecule has 0 saturated heterocycles. The van der Waals surface area contributed by atoms with Gasteiger partial charge in [-0.1, -0.05) is 0 Å². The van der Waals surface area contributed by atoms with Crippen LogP contribution in [-0.4, -0.2) is 19.7 Å². The van der Waals surface area contributed by atoms with Gasteiger partial charge < -0.3 is 0 Å². The fourth-order valence-corrected chi connectivity index (χ4v) is 1.97. The molecule has 0 saturated carbocycles. The van der Waals surface area contributed by atoms with Crippen LogP contribution in [0.1, 0.15) is 20.8 Å². The molecule has 0 aliphatic rings. The molecule has 1 nitrogen and oxygen atoms in total. The van der Waals surface area contributed by atoms with Crippen molar-refractivity contribution >= 4 is 12.6 Å². The van der Waals surface area contributed by atoms with Crippen LogP contribution in [0, 0.1) is 0 Å². The van der Waals surface area contributed by atoms with Crippen LogP contribution in [0.25, 0.3) is 0 Å². The molecule has 0 aliphatic carbocycles. The molecule has 76 valence electrons. The van der Waals surface area contributed by atoms with Gasteiger partial charge in [0.05, 0.1) is 0 Å². The van der Waals surface area contributed by atoms with Gasteiger partial charge in [0.15, 0.2) is 0 Å². The van der Waals surface area contributed by atoms with Crippen molar-refractivity contribution in [2.75, 3.05) is 7.11 Å². The normalized spacial score (nSPS) is 13.7. The Hall–Kier alpha value is 0.319. The van der Waals surface area contributed by atoms with Crippen LogP contribution in [0.15, 0.2) is 11.8 Å². The molecule has 0 aliphatic heterocycles. The summed E-state index contributed by atoms with van der Waals surface area (Å²) in [4.78, 5) is 0. The maximum atomic E-state index is 5.05. The zero-order valence-corrected chi connectivity index (χ0v) is 11.7. The summed E-state index contributed by atoms with van der Waals surface area (Å²) in [5.74, 6) is 0. The fraction of sp³-hybridized carbons (Fsp3) is 0.700. The topological polar surface area (TPSA) is 9.23 Å². The van der Waals surface area contributed by atoms with Gasteiger partial charge in [-0.2, -0.15) is 0 Å². The van der Waals surface area contributed by atoms with Gasteiger partial charge in [-0.3, -0.25) is 0 Å². The van der Waals surface area contributed by atoms with Crippen LogP contribution >= 0.6 is 0 Å². The van der Waals surface area contributed by atoms with Gasteiger partial charge in [0.1, 0.15) is 0 Å². The summed E-state index contributed by atoms with van der Waals surface area (Å²) >= 11 is 2.88. The quantitative estimate of drug-likeness (QED) is 0.685. The Labute approximate surface area is 91.2 Å². The van der Waals surface area contributed by atoms with E-state index in [4.69, 9.17) is 4.74 Å². The van der Waals surface area contributed by atoms with E-state index >= 15 is 0 Å². The minimum absolute atomic E-state index is 0.400. The second-order valence-electron chi connectivity index (χ2n) is 4.83. The van der Waals surface area contributed by atoms with Gasteiger partial charge >= 0.3 is 91.0 Å². The standard InChI is InChI=1S/C10H20OSi.Cr/c1-10(2,3)12(5,6)9-7-8-11-4;/h7,9H,1-6H3;/b9-7+;. The third kappa shape index (κ3) is 4.37. The summed E-state index contributed by atoms with van der Waals surface area (Å²) in [7, 11) is 0.397. The van der Waals surface area contributed by atoms with Crippen LogP contribution < -0.4 is 0 Å². The Kier molecular flexibility index (Phi) is 4.82. The second kappa shape index (κ2) is 4.70. The fourth-order valence-electron chi connectivity index (χ4n) is 0.594. The first-order valence-corrected chi connectivity index (χ1v) is 8.19. The number of hydrogen-bond acceptors (Lipinski definition) is 1. The van der Waals surface area contributed by atoms with E-state index in [1.807, 2.05) is 0 Å². The number of ether oxygens (including phenoxy) is 1. The number of methoxy groups -OCH3 is 1. The van der Waals surface area contributed by atoms with E-state index in [1.54, 1.807) is 7.11 Å². The average Bonchev–Trinajstić information content (AvgIpc) is 1.98. The molecule has 0 aromatic heterocycles. The third-order valence-electron chi connectivity index (χ3n) is 2.77. The molecule has 0 radical (unpaired) electrons. The molecule has 0 unspecified atom stereocenters. The van der Waals surface area contributed by atoms with Gasteiger partial charge in [-0.25, -0.2) is 0 Å². The van der Waals surface area contributed by atoms with Gasteiger partial charge in [0.25, 0.3) is 0 Å². The van der Waals surface area contributed by atoms with Crippen molar-refractivity contribution in [3.63, 3.8) is 0 Å². The van der Waals surface area contributed by atoms with Gasteiger partial charge in [-0.15, -0.1) is 0 Å². The summed E-state index contributed by atoms with van der Waals surface area (Å²) in [5.41, 5.74) is 2.32. The molecule has 0 aromatic carbocycles. The zero-order valence-electron chi connectivity index (χ0n) is 9.47. The summed E-state index contributed by atoms with van der Waals surface area (Å²) < 4.78 is 5.92. The van der Waals surface area contributed by atoms with Crippen molar-refractivity contribution in [3.05, 3.63) is 11.8 Å². The molecule has 0 spiro atoms. The van der Waals surface area contributed by atoms with E-state index < -0.39 is 8.07 Å². The molecule has 3 heteroatoms. The third-order valence-corrected chi connectivity index (χ3v) is 8.11. The molecule has 0 amide bonds. The van der Waals surface area contributed by atoms with E-state index in [0.717, 1.165) is 4.57 Å². The first-order chi connectivity index (χ1) is 5.70. The summed E-state index contributed by atoms with van der Waals surface area (Å²) in [6.45, 7) is 11.6. The molecule has 0 bridgehead atoms. The predicted octanol–water partition coefficient (Wildman–Crippen LogP) is 2.91. The minimum atomic E-state index is -1.29. The average molecular weight is 236 g/mol. The van der Waals surface area contributed by atoms with Crippen LogP contribution in [0.2, 0.25) is 18.1 Å². The van der Waals surface area contributed by atoms with Crippen molar-refractivity contribution in [2.24, 2.45) is 0 Å². The molecule has 0 N–H and O–H groups in total. The molecule has 0 fully saturated rings. The zero-order chi connectivity index (χ0) is 10.7. The molecular weight excluding hydrogens is 216 g/mol. The van der Waals surface area contributed by atoms with E-state index in [1.165, 1.54) is 0 Å². The van der Waals surface area contributed by atoms with Crippen molar-refractivity contribution in [1.29, 1.82) is 0 Å². The van der Waals surface area contributed by atoms with Crippen molar-refractivity contribution in [2.45, 2.75) is 38.9 Å². The number of rotatable bonds is 3. The van der Waals surface area contributed by atoms with E-state index in [9.17, 15) is 0 Å². The Morgan fingerprint density at radius 1 is 1.31 bits per heavy atom. The number of hydrogen-bond donors (Lipinski definition) is 0. The van der Waals surface area contributed by atoms with Crippen molar-refractivity contribution in [1.82, 2.24) is 0 Å². The Bertz CT molecular complexity index is 213. The molecule has 13 heavy (non-hydrogen) atoms. The summed E-state index contributed by atoms with van der Waals surface area (Å²) in [5, 5.41) is 0.400. The van der Waals surface area contributed by atoms with Gasteiger partial charge in [0.2, 0.25) is 0 Å². The predicted molar refractivity (Wildman–Crippen MR) is 58.4 cm³/mol. The molecule has 0 aromatic rings. The second-order valence-corrected chi connectivity index (χ2v) is 10.7. The van der Waals surface area contributed by atoms with E-state index in [0.29, 0.717) is 5.04 Å². The Balaban J connectivity index is 4.51. The summed E-state index contributed by atoms with van der Waals surface area (Å²) in [6, 6.07) is 0. The van der Waals surface area contributed by atoms with Crippen LogP contribution in [0.3, 0.4) is 0 Å². The molecule has 0 rings (SSSR count). The van der Waals surface area contributed by atoms with Crippen LogP contribution in [0.4, 0.5) is 0 Å². The van der Waals surface area contributed by atoms with Gasteiger partial charge in [0, 0.05) is 0 Å². The molecule has 0 heterocycles. The monoisotopic (exact) mass is 236 g/mol. The first kappa shape index (κ1) is 13.3. The van der Waals surface area contributed by atoms with Crippen molar-refractivity contribution in [3.8, 4) is 0 Å². The van der Waals surface area contributed by atoms with E-state index in [-0.39, 0.29) is 0 Å².